The van der Waals surface area contributed by atoms with Gasteiger partial charge in [-0.15, -0.1) is 0 Å². The number of amides is 2. The first-order valence-corrected chi connectivity index (χ1v) is 5.22. The number of anilines is 2. The summed E-state index contributed by atoms with van der Waals surface area (Å²) >= 11 is 0. The van der Waals surface area contributed by atoms with Crippen LogP contribution in [0.25, 0.3) is 0 Å². The smallest absolute Gasteiger partial charge is 0.305 e. The lowest BCUT2D eigenvalue weighted by Crippen LogP contribution is -2.33. The molecule has 2 rings (SSSR count). The lowest BCUT2D eigenvalue weighted by Gasteiger charge is -2.09. The van der Waals surface area contributed by atoms with E-state index in [2.05, 4.69) is 21.2 Å². The number of carbonyl (C=O) groups excluding carboxylic acids is 1. The summed E-state index contributed by atoms with van der Waals surface area (Å²) in [7, 11) is 0. The van der Waals surface area contributed by atoms with Gasteiger partial charge in [0, 0.05) is 6.07 Å². The Morgan fingerprint density at radius 1 is 1.11 bits per heavy atom. The van der Waals surface area contributed by atoms with Crippen LogP contribution in [0.3, 0.4) is 0 Å². The second-order valence-corrected chi connectivity index (χ2v) is 3.46. The number of hydrazine groups is 1. The maximum atomic E-state index is 12.8. The van der Waals surface area contributed by atoms with Crippen molar-refractivity contribution in [2.45, 2.75) is 0 Å². The van der Waals surface area contributed by atoms with Gasteiger partial charge in [-0.1, -0.05) is 18.2 Å². The quantitative estimate of drug-likeness (QED) is 0.728. The molecule has 1 heterocycles. The van der Waals surface area contributed by atoms with Crippen LogP contribution in [0.4, 0.5) is 20.6 Å². The fraction of sp³-hybridized carbons (Fsp3) is 0. The fourth-order valence-electron chi connectivity index (χ4n) is 1.29. The molecule has 0 bridgehead atoms. The third kappa shape index (κ3) is 3.44. The Labute approximate surface area is 103 Å². The van der Waals surface area contributed by atoms with E-state index in [1.807, 2.05) is 18.2 Å². The lowest BCUT2D eigenvalue weighted by atomic mass is 10.3. The third-order valence-electron chi connectivity index (χ3n) is 2.06. The summed E-state index contributed by atoms with van der Waals surface area (Å²) < 4.78 is 12.8. The first-order valence-electron chi connectivity index (χ1n) is 5.22. The lowest BCUT2D eigenvalue weighted by molar-refractivity contribution is 0.254. The van der Waals surface area contributed by atoms with Gasteiger partial charge in [0.15, 0.2) is 0 Å². The predicted molar refractivity (Wildman–Crippen MR) is 66.4 cm³/mol. The van der Waals surface area contributed by atoms with Crippen LogP contribution in [0.15, 0.2) is 48.8 Å². The van der Waals surface area contributed by atoms with Gasteiger partial charge in [0.2, 0.25) is 0 Å². The normalized spacial score (nSPS) is 9.61. The van der Waals surface area contributed by atoms with Gasteiger partial charge in [-0.25, -0.2) is 9.18 Å². The van der Waals surface area contributed by atoms with Crippen molar-refractivity contribution in [3.05, 3.63) is 54.6 Å². The molecule has 0 aliphatic carbocycles. The highest BCUT2D eigenvalue weighted by Gasteiger charge is 2.02. The van der Waals surface area contributed by atoms with Gasteiger partial charge in [-0.2, -0.15) is 0 Å². The molecule has 0 saturated carbocycles. The number of halogens is 1. The molecule has 0 aliphatic heterocycles. The monoisotopic (exact) mass is 246 g/mol. The Kier molecular flexibility index (Phi) is 3.70. The summed E-state index contributed by atoms with van der Waals surface area (Å²) in [5.41, 5.74) is 6.14. The molecular weight excluding hydrogens is 235 g/mol. The zero-order chi connectivity index (χ0) is 12.8. The fourth-order valence-corrected chi connectivity index (χ4v) is 1.29. The number of benzene rings is 1. The van der Waals surface area contributed by atoms with E-state index in [-0.39, 0.29) is 5.69 Å². The summed E-state index contributed by atoms with van der Waals surface area (Å²) in [4.78, 5) is 15.1. The minimum absolute atomic E-state index is 0.280. The van der Waals surface area contributed by atoms with Crippen molar-refractivity contribution in [1.29, 1.82) is 0 Å². The summed E-state index contributed by atoms with van der Waals surface area (Å²) in [6, 6.07) is 9.79. The minimum Gasteiger partial charge on any atom is -0.305 e. The first kappa shape index (κ1) is 11.8. The number of nitrogens with zero attached hydrogens (tertiary/aromatic N) is 1. The van der Waals surface area contributed by atoms with Crippen molar-refractivity contribution < 1.29 is 9.18 Å². The summed E-state index contributed by atoms with van der Waals surface area (Å²) in [6.07, 6.45) is 2.41. The van der Waals surface area contributed by atoms with Crippen molar-refractivity contribution in [2.24, 2.45) is 0 Å². The van der Waals surface area contributed by atoms with Gasteiger partial charge < -0.3 is 5.32 Å². The molecule has 6 heteroatoms. The molecule has 0 atom stereocenters. The van der Waals surface area contributed by atoms with Crippen molar-refractivity contribution >= 4 is 17.4 Å². The molecule has 2 amide bonds. The molecule has 0 saturated heterocycles. The number of pyridine rings is 1. The number of rotatable bonds is 3. The number of hydrogen-bond donors (Lipinski definition) is 3. The van der Waals surface area contributed by atoms with Gasteiger partial charge in [0.05, 0.1) is 23.8 Å². The topological polar surface area (TPSA) is 66.1 Å². The molecule has 0 fully saturated rings. The second kappa shape index (κ2) is 5.62. The second-order valence-electron chi connectivity index (χ2n) is 3.46. The van der Waals surface area contributed by atoms with Crippen LogP contribution in [0.2, 0.25) is 0 Å². The Balaban J connectivity index is 1.86. The molecule has 5 nitrogen and oxygen atoms in total. The number of urea groups is 1. The van der Waals surface area contributed by atoms with Crippen LogP contribution < -0.4 is 16.2 Å². The molecule has 18 heavy (non-hydrogen) atoms. The highest BCUT2D eigenvalue weighted by Crippen LogP contribution is 2.06. The van der Waals surface area contributed by atoms with E-state index < -0.39 is 11.8 Å². The van der Waals surface area contributed by atoms with E-state index in [0.717, 1.165) is 11.9 Å². The number of nitrogens with one attached hydrogen (secondary N) is 3. The predicted octanol–water partition coefficient (Wildman–Crippen LogP) is 2.37. The van der Waals surface area contributed by atoms with Crippen molar-refractivity contribution in [3.8, 4) is 0 Å². The van der Waals surface area contributed by atoms with Crippen molar-refractivity contribution in [2.75, 3.05) is 10.7 Å². The minimum atomic E-state index is -0.510. The van der Waals surface area contributed by atoms with Crippen LogP contribution in [0, 0.1) is 5.82 Å². The van der Waals surface area contributed by atoms with Crippen LogP contribution in [0.1, 0.15) is 0 Å². The van der Waals surface area contributed by atoms with Gasteiger partial charge in [-0.3, -0.25) is 15.8 Å². The van der Waals surface area contributed by atoms with E-state index in [4.69, 9.17) is 0 Å². The standard InChI is InChI=1S/C12H11FN4O/c13-9-6-11(8-14-7-9)15-12(18)17-16-10-4-2-1-3-5-10/h1-8,16H,(H2,15,17,18). The van der Waals surface area contributed by atoms with E-state index in [1.54, 1.807) is 12.1 Å². The van der Waals surface area contributed by atoms with E-state index in [9.17, 15) is 9.18 Å². The molecule has 2 aromatic rings. The average Bonchev–Trinajstić information content (AvgIpc) is 2.38. The molecule has 0 unspecified atom stereocenters. The molecule has 0 aliphatic rings. The summed E-state index contributed by atoms with van der Waals surface area (Å²) in [5.74, 6) is -0.510. The van der Waals surface area contributed by atoms with Crippen molar-refractivity contribution in [3.63, 3.8) is 0 Å². The van der Waals surface area contributed by atoms with Crippen molar-refractivity contribution in [1.82, 2.24) is 10.4 Å². The highest BCUT2D eigenvalue weighted by molar-refractivity contribution is 5.89. The molecule has 0 radical (unpaired) electrons. The zero-order valence-corrected chi connectivity index (χ0v) is 9.35. The Morgan fingerprint density at radius 2 is 1.89 bits per heavy atom. The van der Waals surface area contributed by atoms with Gasteiger partial charge in [0.1, 0.15) is 5.82 Å². The largest absolute Gasteiger partial charge is 0.337 e. The molecule has 3 N–H and O–H groups in total. The average molecular weight is 246 g/mol. The SMILES string of the molecule is O=C(NNc1ccccc1)Nc1cncc(F)c1. The zero-order valence-electron chi connectivity index (χ0n) is 9.35. The Hall–Kier alpha value is -2.63. The van der Waals surface area contributed by atoms with Crippen LogP contribution in [-0.4, -0.2) is 11.0 Å². The molecule has 92 valence electrons. The van der Waals surface area contributed by atoms with Crippen LogP contribution in [-0.2, 0) is 0 Å². The third-order valence-corrected chi connectivity index (χ3v) is 2.06. The first-order chi connectivity index (χ1) is 8.74. The van der Waals surface area contributed by atoms with Gasteiger partial charge in [0.25, 0.3) is 0 Å². The molecule has 0 spiro atoms. The van der Waals surface area contributed by atoms with E-state index in [1.165, 1.54) is 12.3 Å². The molecule has 1 aromatic heterocycles. The van der Waals surface area contributed by atoms with Crippen LogP contribution in [0.5, 0.6) is 0 Å². The Morgan fingerprint density at radius 3 is 2.61 bits per heavy atom. The van der Waals surface area contributed by atoms with Crippen LogP contribution >= 0.6 is 0 Å². The number of carbonyl (C=O) groups is 1. The highest BCUT2D eigenvalue weighted by atomic mass is 19.1. The maximum Gasteiger partial charge on any atom is 0.337 e. The van der Waals surface area contributed by atoms with E-state index in [0.29, 0.717) is 0 Å². The molecule has 1 aromatic carbocycles. The summed E-state index contributed by atoms with van der Waals surface area (Å²) in [5, 5.41) is 2.44. The maximum absolute atomic E-state index is 12.8. The summed E-state index contributed by atoms with van der Waals surface area (Å²) in [6.45, 7) is 0. The number of para-hydroxylation sites is 1. The van der Waals surface area contributed by atoms with Gasteiger partial charge >= 0.3 is 6.03 Å². The molecular formula is C12H11FN4O. The Bertz CT molecular complexity index is 533. The van der Waals surface area contributed by atoms with E-state index >= 15 is 0 Å². The number of aromatic nitrogens is 1. The van der Waals surface area contributed by atoms with Gasteiger partial charge in [-0.05, 0) is 12.1 Å². The number of hydrogen-bond acceptors (Lipinski definition) is 3.